The van der Waals surface area contributed by atoms with Crippen molar-refractivity contribution in [3.05, 3.63) is 30.2 Å². The molecule has 1 amide bonds. The van der Waals surface area contributed by atoms with Crippen molar-refractivity contribution < 1.29 is 18.7 Å². The van der Waals surface area contributed by atoms with Crippen molar-refractivity contribution in [2.75, 3.05) is 18.5 Å². The molecule has 0 saturated heterocycles. The average molecular weight is 602 g/mol. The molecule has 236 valence electrons. The van der Waals surface area contributed by atoms with E-state index < -0.39 is 20.0 Å². The molecule has 1 aliphatic carbocycles. The zero-order valence-corrected chi connectivity index (χ0v) is 28.9. The summed E-state index contributed by atoms with van der Waals surface area (Å²) in [6, 6.07) is 4.15. The van der Waals surface area contributed by atoms with E-state index in [-0.39, 0.29) is 10.6 Å². The molecule has 2 atom stereocenters. The number of unbranched alkanes of at least 4 members (excludes halogenated alkanes) is 1. The molecule has 1 saturated carbocycles. The fraction of sp³-hybridized carbons (Fsp3) is 0.719. The molecule has 1 fully saturated rings. The van der Waals surface area contributed by atoms with Crippen LogP contribution in [0, 0.1) is 0 Å². The number of amides is 1. The van der Waals surface area contributed by atoms with E-state index in [9.17, 15) is 4.79 Å². The number of rotatable bonds is 11. The minimum absolute atomic E-state index is 0.189. The number of hydrogen-bond acceptors (Lipinski definition) is 7. The number of ether oxygens (including phenoxy) is 2. The Morgan fingerprint density at radius 2 is 1.74 bits per heavy atom. The van der Waals surface area contributed by atoms with Crippen molar-refractivity contribution in [2.45, 2.75) is 136 Å². The first kappa shape index (κ1) is 33.9. The van der Waals surface area contributed by atoms with Gasteiger partial charge in [-0.15, -0.1) is 0 Å². The van der Waals surface area contributed by atoms with Gasteiger partial charge in [0.15, 0.2) is 8.32 Å². The van der Waals surface area contributed by atoms with Gasteiger partial charge in [-0.1, -0.05) is 20.8 Å². The van der Waals surface area contributed by atoms with Crippen LogP contribution in [0.2, 0.25) is 18.1 Å². The molecule has 0 unspecified atom stereocenters. The number of alkyl carbamates (subject to hydrolysis) is 1. The molecule has 0 aromatic carbocycles. The smallest absolute Gasteiger partial charge is 0.407 e. The Kier molecular flexibility index (Phi) is 10.8. The first-order valence-corrected chi connectivity index (χ1v) is 18.3. The molecule has 0 bridgehead atoms. The highest BCUT2D eigenvalue weighted by Crippen LogP contribution is 2.43. The molecule has 2 aromatic heterocycles. The normalized spacial score (nSPS) is 18.2. The maximum atomic E-state index is 11.8. The molecule has 0 radical (unpaired) electrons. The van der Waals surface area contributed by atoms with Crippen LogP contribution in [-0.4, -0.2) is 54.0 Å². The average Bonchev–Trinajstić information content (AvgIpc) is 3.46. The van der Waals surface area contributed by atoms with Crippen molar-refractivity contribution in [1.29, 1.82) is 0 Å². The Labute approximate surface area is 254 Å². The number of aromatic nitrogens is 3. The number of nitrogens with one attached hydrogen (secondary N) is 2. The quantitative estimate of drug-likeness (QED) is 0.198. The SMILES string of the molecule is CC(C)(C)OC(=O)NCCCCOc1cncc(Nc2cc([C@H]3CC[C@@H](O[Si](C)(C)C(C)(C)C)C3)nn2C(C)(C)C)c1. The van der Waals surface area contributed by atoms with E-state index in [1.165, 1.54) is 0 Å². The number of anilines is 2. The molecule has 2 N–H and O–H groups in total. The third-order valence-corrected chi connectivity index (χ3v) is 12.5. The molecular weight excluding hydrogens is 546 g/mol. The van der Waals surface area contributed by atoms with E-state index >= 15 is 0 Å². The highest BCUT2D eigenvalue weighted by Gasteiger charge is 2.41. The maximum absolute atomic E-state index is 11.8. The van der Waals surface area contributed by atoms with Crippen LogP contribution in [0.15, 0.2) is 24.5 Å². The number of nitrogens with zero attached hydrogens (tertiary/aromatic N) is 3. The molecule has 10 heteroatoms. The fourth-order valence-corrected chi connectivity index (χ4v) is 6.15. The lowest BCUT2D eigenvalue weighted by Gasteiger charge is -2.38. The van der Waals surface area contributed by atoms with Gasteiger partial charge < -0.3 is 24.5 Å². The predicted molar refractivity (Wildman–Crippen MR) is 172 cm³/mol. The Hall–Kier alpha value is -2.59. The summed E-state index contributed by atoms with van der Waals surface area (Å²) in [5.74, 6) is 2.03. The fourth-order valence-electron chi connectivity index (χ4n) is 4.74. The van der Waals surface area contributed by atoms with E-state index in [0.29, 0.717) is 30.9 Å². The van der Waals surface area contributed by atoms with E-state index in [1.54, 1.807) is 12.4 Å². The van der Waals surface area contributed by atoms with E-state index in [4.69, 9.17) is 19.0 Å². The maximum Gasteiger partial charge on any atom is 0.407 e. The van der Waals surface area contributed by atoms with Crippen LogP contribution in [-0.2, 0) is 14.7 Å². The Bertz CT molecular complexity index is 1180. The summed E-state index contributed by atoms with van der Waals surface area (Å²) >= 11 is 0. The molecule has 9 nitrogen and oxygen atoms in total. The van der Waals surface area contributed by atoms with Crippen LogP contribution in [0.4, 0.5) is 16.3 Å². The summed E-state index contributed by atoms with van der Waals surface area (Å²) in [5, 5.41) is 11.6. The summed E-state index contributed by atoms with van der Waals surface area (Å²) in [6.07, 6.45) is 8.23. The zero-order valence-electron chi connectivity index (χ0n) is 27.9. The van der Waals surface area contributed by atoms with Crippen molar-refractivity contribution in [2.24, 2.45) is 0 Å². The molecule has 0 aliphatic heterocycles. The zero-order chi connectivity index (χ0) is 31.3. The monoisotopic (exact) mass is 601 g/mol. The number of carbonyl (C=O) groups is 1. The molecule has 1 aliphatic rings. The first-order valence-electron chi connectivity index (χ1n) is 15.4. The molecule has 2 aromatic rings. The second kappa shape index (κ2) is 13.4. The van der Waals surface area contributed by atoms with Crippen LogP contribution in [0.25, 0.3) is 0 Å². The van der Waals surface area contributed by atoms with Crippen LogP contribution < -0.4 is 15.4 Å². The van der Waals surface area contributed by atoms with Gasteiger partial charge in [-0.2, -0.15) is 5.10 Å². The number of hydrogen-bond donors (Lipinski definition) is 2. The Balaban J connectivity index is 1.58. The van der Waals surface area contributed by atoms with Crippen LogP contribution in [0.5, 0.6) is 5.75 Å². The van der Waals surface area contributed by atoms with Crippen molar-refractivity contribution in [3.63, 3.8) is 0 Å². The van der Waals surface area contributed by atoms with Crippen molar-refractivity contribution >= 4 is 25.9 Å². The van der Waals surface area contributed by atoms with Gasteiger partial charge in [0.05, 0.1) is 35.9 Å². The summed E-state index contributed by atoms with van der Waals surface area (Å²) < 4.78 is 20.0. The van der Waals surface area contributed by atoms with Gasteiger partial charge in [0.1, 0.15) is 17.2 Å². The highest BCUT2D eigenvalue weighted by molar-refractivity contribution is 6.74. The van der Waals surface area contributed by atoms with Gasteiger partial charge >= 0.3 is 6.09 Å². The first-order chi connectivity index (χ1) is 19.3. The van der Waals surface area contributed by atoms with Gasteiger partial charge in [0, 0.05) is 30.7 Å². The predicted octanol–water partition coefficient (Wildman–Crippen LogP) is 8.12. The van der Waals surface area contributed by atoms with Gasteiger partial charge in [-0.05, 0) is 91.8 Å². The summed E-state index contributed by atoms with van der Waals surface area (Å²) in [4.78, 5) is 16.2. The van der Waals surface area contributed by atoms with Crippen LogP contribution in [0.3, 0.4) is 0 Å². The van der Waals surface area contributed by atoms with E-state index in [1.807, 2.05) is 26.8 Å². The van der Waals surface area contributed by atoms with E-state index in [0.717, 1.165) is 49.3 Å². The lowest BCUT2D eigenvalue weighted by molar-refractivity contribution is 0.0526. The molecule has 42 heavy (non-hydrogen) atoms. The standard InChI is InChI=1S/C32H55N5O4Si/c1-30(2,3)37-28(20-27(36-37)23-14-15-25(18-23)41-42(10,11)32(7,8)9)35-24-19-26(22-33-21-24)39-17-13-12-16-34-29(38)40-31(4,5)6/h19-23,25,35H,12-18H2,1-11H3,(H,34,38)/t23-,25+/m0/s1. The Morgan fingerprint density at radius 3 is 2.38 bits per heavy atom. The molecule has 2 heterocycles. The third-order valence-electron chi connectivity index (χ3n) is 7.93. The van der Waals surface area contributed by atoms with Gasteiger partial charge in [0.25, 0.3) is 0 Å². The molecule has 3 rings (SSSR count). The largest absolute Gasteiger partial charge is 0.492 e. The third kappa shape index (κ3) is 10.0. The minimum atomic E-state index is -1.80. The molecular formula is C32H55N5O4Si. The second-order valence-electron chi connectivity index (χ2n) is 15.1. The molecule has 0 spiro atoms. The van der Waals surface area contributed by atoms with Crippen molar-refractivity contribution in [1.82, 2.24) is 20.1 Å². The van der Waals surface area contributed by atoms with Crippen LogP contribution in [0.1, 0.15) is 106 Å². The van der Waals surface area contributed by atoms with Crippen molar-refractivity contribution in [3.8, 4) is 5.75 Å². The highest BCUT2D eigenvalue weighted by atomic mass is 28.4. The summed E-state index contributed by atoms with van der Waals surface area (Å²) in [7, 11) is -1.80. The number of carbonyl (C=O) groups excluding carboxylic acids is 1. The summed E-state index contributed by atoms with van der Waals surface area (Å²) in [6.45, 7) is 24.7. The van der Waals surface area contributed by atoms with E-state index in [2.05, 4.69) is 81.0 Å². The van der Waals surface area contributed by atoms with Gasteiger partial charge in [0.2, 0.25) is 0 Å². The summed E-state index contributed by atoms with van der Waals surface area (Å²) in [5.41, 5.74) is 1.28. The lowest BCUT2D eigenvalue weighted by Crippen LogP contribution is -2.43. The topological polar surface area (TPSA) is 99.5 Å². The minimum Gasteiger partial charge on any atom is -0.492 e. The van der Waals surface area contributed by atoms with Gasteiger partial charge in [-0.25, -0.2) is 9.48 Å². The number of pyridine rings is 1. The second-order valence-corrected chi connectivity index (χ2v) is 19.8. The van der Waals surface area contributed by atoms with Crippen LogP contribution >= 0.6 is 0 Å². The lowest BCUT2D eigenvalue weighted by atomic mass is 10.0. The van der Waals surface area contributed by atoms with Gasteiger partial charge in [-0.3, -0.25) is 4.98 Å². The Morgan fingerprint density at radius 1 is 1.02 bits per heavy atom.